The van der Waals surface area contributed by atoms with Gasteiger partial charge in [-0.2, -0.15) is 0 Å². The molecule has 2 aliphatic rings. The van der Waals surface area contributed by atoms with Gasteiger partial charge in [-0.05, 0) is 86.8 Å². The second-order valence-corrected chi connectivity index (χ2v) is 9.16. The van der Waals surface area contributed by atoms with E-state index in [1.54, 1.807) is 13.0 Å². The van der Waals surface area contributed by atoms with E-state index in [0.29, 0.717) is 23.0 Å². The zero-order chi connectivity index (χ0) is 21.7. The van der Waals surface area contributed by atoms with Crippen LogP contribution in [0.25, 0.3) is 0 Å². The summed E-state index contributed by atoms with van der Waals surface area (Å²) in [5, 5.41) is 0. The Bertz CT molecular complexity index is 793. The minimum atomic E-state index is -0.528. The molecule has 1 aromatic rings. The number of ether oxygens (including phenoxy) is 2. The predicted molar refractivity (Wildman–Crippen MR) is 119 cm³/mol. The van der Waals surface area contributed by atoms with Crippen molar-refractivity contribution in [2.75, 3.05) is 0 Å². The molecular formula is C26H34O4. The van der Waals surface area contributed by atoms with Crippen molar-refractivity contribution in [2.45, 2.75) is 71.1 Å². The fourth-order valence-corrected chi connectivity index (χ4v) is 4.98. The first-order chi connectivity index (χ1) is 14.4. The predicted octanol–water partition coefficient (Wildman–Crippen LogP) is 6.36. The number of esters is 2. The Morgan fingerprint density at radius 1 is 0.900 bits per heavy atom. The Morgan fingerprint density at radius 3 is 1.97 bits per heavy atom. The monoisotopic (exact) mass is 410 g/mol. The summed E-state index contributed by atoms with van der Waals surface area (Å²) in [7, 11) is 0. The van der Waals surface area contributed by atoms with Gasteiger partial charge in [0, 0.05) is 17.7 Å². The Kier molecular flexibility index (Phi) is 7.52. The summed E-state index contributed by atoms with van der Waals surface area (Å²) in [6.45, 7) is 11.1. The van der Waals surface area contributed by atoms with Crippen LogP contribution in [0.5, 0.6) is 11.5 Å². The molecule has 0 aliphatic heterocycles. The van der Waals surface area contributed by atoms with E-state index >= 15 is 0 Å². The Morgan fingerprint density at radius 2 is 1.43 bits per heavy atom. The molecule has 2 fully saturated rings. The van der Waals surface area contributed by atoms with Gasteiger partial charge in [0.1, 0.15) is 11.5 Å². The standard InChI is InChI=1S/C26H34O4/c1-5-25(27)29-23-14-22(15-24(16-23)30-26(28)17(2)3)21-12-10-20(11-13-21)19-8-6-18(4)7-9-19/h5,14-16,18-21H,1-2,6-13H2,3-4H3. The van der Waals surface area contributed by atoms with E-state index in [1.807, 2.05) is 12.1 Å². The van der Waals surface area contributed by atoms with Gasteiger partial charge < -0.3 is 9.47 Å². The van der Waals surface area contributed by atoms with Crippen LogP contribution in [0.15, 0.2) is 43.0 Å². The maximum Gasteiger partial charge on any atom is 0.338 e. The van der Waals surface area contributed by atoms with E-state index in [1.165, 1.54) is 38.5 Å². The molecule has 0 amide bonds. The summed E-state index contributed by atoms with van der Waals surface area (Å²) < 4.78 is 10.8. The number of carbonyl (C=O) groups is 2. The number of hydrogen-bond acceptors (Lipinski definition) is 4. The van der Waals surface area contributed by atoms with Crippen LogP contribution < -0.4 is 9.47 Å². The number of rotatable bonds is 6. The number of carbonyl (C=O) groups excluding carboxylic acids is 2. The lowest BCUT2D eigenvalue weighted by Crippen LogP contribution is -2.24. The first-order valence-electron chi connectivity index (χ1n) is 11.2. The van der Waals surface area contributed by atoms with Gasteiger partial charge in [-0.3, -0.25) is 0 Å². The van der Waals surface area contributed by atoms with E-state index < -0.39 is 11.9 Å². The molecule has 0 radical (unpaired) electrons. The molecule has 30 heavy (non-hydrogen) atoms. The van der Waals surface area contributed by atoms with Gasteiger partial charge in [0.2, 0.25) is 0 Å². The van der Waals surface area contributed by atoms with E-state index in [-0.39, 0.29) is 0 Å². The Labute approximate surface area is 180 Å². The lowest BCUT2D eigenvalue weighted by atomic mass is 9.68. The van der Waals surface area contributed by atoms with E-state index in [0.717, 1.165) is 42.2 Å². The normalized spacial score (nSPS) is 26.5. The molecule has 0 atom stereocenters. The van der Waals surface area contributed by atoms with Crippen molar-refractivity contribution >= 4 is 11.9 Å². The zero-order valence-electron chi connectivity index (χ0n) is 18.3. The maximum atomic E-state index is 12.0. The average molecular weight is 411 g/mol. The summed E-state index contributed by atoms with van der Waals surface area (Å²) in [5.41, 5.74) is 1.39. The Hall–Kier alpha value is -2.36. The minimum absolute atomic E-state index is 0.326. The van der Waals surface area contributed by atoms with Crippen LogP contribution in [-0.2, 0) is 9.59 Å². The molecule has 0 unspecified atom stereocenters. The fourth-order valence-electron chi connectivity index (χ4n) is 4.98. The first kappa shape index (κ1) is 22.3. The third-order valence-corrected chi connectivity index (χ3v) is 6.82. The molecule has 0 spiro atoms. The minimum Gasteiger partial charge on any atom is -0.423 e. The molecule has 4 nitrogen and oxygen atoms in total. The van der Waals surface area contributed by atoms with Gasteiger partial charge in [-0.25, -0.2) is 9.59 Å². The van der Waals surface area contributed by atoms with Crippen molar-refractivity contribution in [3.05, 3.63) is 48.6 Å². The maximum absolute atomic E-state index is 12.0. The van der Waals surface area contributed by atoms with E-state index in [4.69, 9.17) is 9.47 Å². The van der Waals surface area contributed by atoms with Gasteiger partial charge in [0.05, 0.1) is 0 Å². The molecule has 2 aliphatic carbocycles. The second kappa shape index (κ2) is 10.1. The van der Waals surface area contributed by atoms with Gasteiger partial charge in [0.15, 0.2) is 0 Å². The summed E-state index contributed by atoms with van der Waals surface area (Å²) in [5.74, 6) is 2.74. The Balaban J connectivity index is 1.71. The third-order valence-electron chi connectivity index (χ3n) is 6.82. The van der Waals surface area contributed by atoms with Crippen molar-refractivity contribution in [2.24, 2.45) is 17.8 Å². The quantitative estimate of drug-likeness (QED) is 0.311. The highest BCUT2D eigenvalue weighted by molar-refractivity contribution is 5.89. The molecule has 0 bridgehead atoms. The molecule has 0 aromatic heterocycles. The topological polar surface area (TPSA) is 52.6 Å². The highest BCUT2D eigenvalue weighted by Gasteiger charge is 2.30. The lowest BCUT2D eigenvalue weighted by molar-refractivity contribution is -0.130. The molecule has 3 rings (SSSR count). The van der Waals surface area contributed by atoms with Crippen molar-refractivity contribution in [1.29, 1.82) is 0 Å². The van der Waals surface area contributed by atoms with Gasteiger partial charge in [-0.1, -0.05) is 32.9 Å². The van der Waals surface area contributed by atoms with Crippen molar-refractivity contribution in [3.8, 4) is 11.5 Å². The van der Waals surface area contributed by atoms with Crippen LogP contribution in [-0.4, -0.2) is 11.9 Å². The largest absolute Gasteiger partial charge is 0.423 e. The zero-order valence-corrected chi connectivity index (χ0v) is 18.3. The van der Waals surface area contributed by atoms with E-state index in [2.05, 4.69) is 20.1 Å². The highest BCUT2D eigenvalue weighted by Crippen LogP contribution is 2.44. The first-order valence-corrected chi connectivity index (χ1v) is 11.2. The van der Waals surface area contributed by atoms with Crippen molar-refractivity contribution in [1.82, 2.24) is 0 Å². The fraction of sp³-hybridized carbons (Fsp3) is 0.538. The van der Waals surface area contributed by atoms with Gasteiger partial charge in [-0.15, -0.1) is 0 Å². The van der Waals surface area contributed by atoms with Gasteiger partial charge >= 0.3 is 11.9 Å². The van der Waals surface area contributed by atoms with Crippen LogP contribution in [0.3, 0.4) is 0 Å². The highest BCUT2D eigenvalue weighted by atomic mass is 16.5. The van der Waals surface area contributed by atoms with Crippen LogP contribution in [0.4, 0.5) is 0 Å². The van der Waals surface area contributed by atoms with Crippen LogP contribution >= 0.6 is 0 Å². The summed E-state index contributed by atoms with van der Waals surface area (Å²) in [6, 6.07) is 5.37. The molecule has 162 valence electrons. The number of benzene rings is 1. The third kappa shape index (κ3) is 5.84. The van der Waals surface area contributed by atoms with Gasteiger partial charge in [0.25, 0.3) is 0 Å². The van der Waals surface area contributed by atoms with Crippen LogP contribution in [0, 0.1) is 17.8 Å². The molecule has 2 saturated carbocycles. The SMILES string of the molecule is C=CC(=O)Oc1cc(OC(=O)C(=C)C)cc(C2CCC(C3CCC(C)CC3)CC2)c1. The molecule has 4 heteroatoms. The second-order valence-electron chi connectivity index (χ2n) is 9.16. The summed E-state index contributed by atoms with van der Waals surface area (Å²) >= 11 is 0. The lowest BCUT2D eigenvalue weighted by Gasteiger charge is -2.37. The molecule has 1 aromatic carbocycles. The smallest absolute Gasteiger partial charge is 0.338 e. The molecule has 0 N–H and O–H groups in total. The van der Waals surface area contributed by atoms with Crippen LogP contribution in [0.2, 0.25) is 0 Å². The van der Waals surface area contributed by atoms with E-state index in [9.17, 15) is 9.59 Å². The van der Waals surface area contributed by atoms with Crippen molar-refractivity contribution < 1.29 is 19.1 Å². The molecule has 0 saturated heterocycles. The average Bonchev–Trinajstić information content (AvgIpc) is 2.74. The number of hydrogen-bond donors (Lipinski definition) is 0. The molecule has 0 heterocycles. The summed E-state index contributed by atoms with van der Waals surface area (Å²) in [4.78, 5) is 23.7. The van der Waals surface area contributed by atoms with Crippen molar-refractivity contribution in [3.63, 3.8) is 0 Å². The van der Waals surface area contributed by atoms with Crippen LogP contribution in [0.1, 0.15) is 76.7 Å². The molecular weight excluding hydrogens is 376 g/mol. The summed E-state index contributed by atoms with van der Waals surface area (Å²) in [6.07, 6.45) is 11.3.